The molecule has 0 aliphatic carbocycles. The Morgan fingerprint density at radius 2 is 1.92 bits per heavy atom. The number of nitrogens with one attached hydrogen (secondary N) is 2. The second-order valence-electron chi connectivity index (χ2n) is 5.58. The molecule has 25 heavy (non-hydrogen) atoms. The van der Waals surface area contributed by atoms with Crippen molar-refractivity contribution in [3.63, 3.8) is 0 Å². The van der Waals surface area contributed by atoms with Crippen molar-refractivity contribution in [1.82, 2.24) is 10.3 Å². The minimum Gasteiger partial charge on any atom is -0.380 e. The van der Waals surface area contributed by atoms with Crippen molar-refractivity contribution in [2.75, 3.05) is 11.9 Å². The zero-order valence-electron chi connectivity index (χ0n) is 14.1. The predicted octanol–water partition coefficient (Wildman–Crippen LogP) is 1.40. The summed E-state index contributed by atoms with van der Waals surface area (Å²) in [5.41, 5.74) is 9.16. The second-order valence-corrected chi connectivity index (χ2v) is 5.58. The first-order chi connectivity index (χ1) is 11.9. The van der Waals surface area contributed by atoms with Crippen molar-refractivity contribution in [3.05, 3.63) is 58.4 Å². The molecule has 0 atom stereocenters. The molecule has 7 nitrogen and oxygen atoms in total. The first kappa shape index (κ1) is 17.9. The van der Waals surface area contributed by atoms with Crippen LogP contribution in [-0.2, 0) is 11.3 Å². The van der Waals surface area contributed by atoms with Crippen LogP contribution in [0.4, 0.5) is 5.69 Å². The number of primary amides is 1. The van der Waals surface area contributed by atoms with E-state index in [4.69, 9.17) is 5.73 Å². The van der Waals surface area contributed by atoms with E-state index in [9.17, 15) is 14.9 Å². The van der Waals surface area contributed by atoms with E-state index >= 15 is 0 Å². The van der Waals surface area contributed by atoms with Crippen molar-refractivity contribution in [2.45, 2.75) is 20.4 Å². The summed E-state index contributed by atoms with van der Waals surface area (Å²) in [5.74, 6) is -0.948. The van der Waals surface area contributed by atoms with Crippen molar-refractivity contribution in [1.29, 1.82) is 5.26 Å². The number of hydrogen-bond donors (Lipinski definition) is 3. The van der Waals surface area contributed by atoms with Crippen LogP contribution in [0.1, 0.15) is 32.9 Å². The quantitative estimate of drug-likeness (QED) is 0.735. The highest BCUT2D eigenvalue weighted by Gasteiger charge is 2.09. The van der Waals surface area contributed by atoms with Crippen LogP contribution in [0.15, 0.2) is 30.3 Å². The molecule has 128 valence electrons. The number of nitrogens with zero attached hydrogens (tertiary/aromatic N) is 2. The fourth-order valence-corrected chi connectivity index (χ4v) is 2.35. The molecule has 0 bridgehead atoms. The van der Waals surface area contributed by atoms with Gasteiger partial charge < -0.3 is 16.4 Å². The van der Waals surface area contributed by atoms with Gasteiger partial charge in [-0.1, -0.05) is 12.1 Å². The van der Waals surface area contributed by atoms with Gasteiger partial charge in [0.1, 0.15) is 6.07 Å². The summed E-state index contributed by atoms with van der Waals surface area (Å²) in [6.07, 6.45) is 0. The third-order valence-electron chi connectivity index (χ3n) is 3.56. The molecule has 2 aromatic rings. The minimum atomic E-state index is -0.592. The molecule has 0 aliphatic heterocycles. The molecule has 0 spiro atoms. The van der Waals surface area contributed by atoms with Crippen molar-refractivity contribution < 1.29 is 9.59 Å². The van der Waals surface area contributed by atoms with Crippen LogP contribution in [0.2, 0.25) is 0 Å². The first-order valence-electron chi connectivity index (χ1n) is 7.68. The third-order valence-corrected chi connectivity index (χ3v) is 3.56. The number of aromatic nitrogens is 1. The summed E-state index contributed by atoms with van der Waals surface area (Å²) < 4.78 is 0. The van der Waals surface area contributed by atoms with E-state index in [0.717, 1.165) is 16.9 Å². The smallest absolute Gasteiger partial charge is 0.251 e. The van der Waals surface area contributed by atoms with E-state index < -0.39 is 5.91 Å². The maximum absolute atomic E-state index is 11.8. The monoisotopic (exact) mass is 337 g/mol. The number of nitrogens with two attached hydrogens (primary N) is 1. The van der Waals surface area contributed by atoms with Crippen LogP contribution < -0.4 is 16.4 Å². The van der Waals surface area contributed by atoms with E-state index in [1.807, 2.05) is 13.0 Å². The first-order valence-corrected chi connectivity index (χ1v) is 7.68. The van der Waals surface area contributed by atoms with Gasteiger partial charge in [-0.3, -0.25) is 14.6 Å². The van der Waals surface area contributed by atoms with Crippen LogP contribution in [0, 0.1) is 25.2 Å². The number of pyridine rings is 1. The molecule has 7 heteroatoms. The Bertz CT molecular complexity index is 838. The second kappa shape index (κ2) is 7.93. The Hall–Kier alpha value is -3.40. The maximum atomic E-state index is 11.8. The Labute approximate surface area is 145 Å². The Balaban J connectivity index is 2.04. The van der Waals surface area contributed by atoms with Crippen molar-refractivity contribution in [2.24, 2.45) is 5.73 Å². The van der Waals surface area contributed by atoms with Crippen LogP contribution in [0.5, 0.6) is 0 Å². The molecule has 0 radical (unpaired) electrons. The number of hydrogen-bond acceptors (Lipinski definition) is 5. The molecule has 0 unspecified atom stereocenters. The number of rotatable bonds is 6. The van der Waals surface area contributed by atoms with E-state index in [0.29, 0.717) is 23.4 Å². The molecule has 2 rings (SSSR count). The largest absolute Gasteiger partial charge is 0.380 e. The fraction of sp³-hybridized carbons (Fsp3) is 0.222. The molecular weight excluding hydrogens is 318 g/mol. The lowest BCUT2D eigenvalue weighted by Gasteiger charge is -2.11. The molecule has 0 saturated heterocycles. The zero-order chi connectivity index (χ0) is 18.4. The fourth-order valence-electron chi connectivity index (χ4n) is 2.35. The van der Waals surface area contributed by atoms with Crippen LogP contribution in [0.3, 0.4) is 0 Å². The molecule has 0 fully saturated rings. The molecule has 0 saturated carbocycles. The van der Waals surface area contributed by atoms with Gasteiger partial charge in [-0.25, -0.2) is 0 Å². The highest BCUT2D eigenvalue weighted by Crippen LogP contribution is 2.19. The molecule has 4 N–H and O–H groups in total. The lowest BCUT2D eigenvalue weighted by Crippen LogP contribution is -2.33. The van der Waals surface area contributed by atoms with Crippen molar-refractivity contribution >= 4 is 17.5 Å². The topological polar surface area (TPSA) is 121 Å². The highest BCUT2D eigenvalue weighted by atomic mass is 16.2. The number of benzene rings is 1. The zero-order valence-corrected chi connectivity index (χ0v) is 14.1. The molecule has 0 aliphatic rings. The summed E-state index contributed by atoms with van der Waals surface area (Å²) in [5, 5.41) is 14.9. The summed E-state index contributed by atoms with van der Waals surface area (Å²) in [6, 6.07) is 10.9. The van der Waals surface area contributed by atoms with Crippen LogP contribution >= 0.6 is 0 Å². The Morgan fingerprint density at radius 1 is 1.24 bits per heavy atom. The van der Waals surface area contributed by atoms with Gasteiger partial charge in [0.2, 0.25) is 5.91 Å². The van der Waals surface area contributed by atoms with E-state index in [1.165, 1.54) is 0 Å². The predicted molar refractivity (Wildman–Crippen MR) is 93.7 cm³/mol. The third kappa shape index (κ3) is 4.78. The van der Waals surface area contributed by atoms with Gasteiger partial charge in [0.25, 0.3) is 5.91 Å². The van der Waals surface area contributed by atoms with Gasteiger partial charge in [-0.15, -0.1) is 0 Å². The summed E-state index contributed by atoms with van der Waals surface area (Å²) in [7, 11) is 0. The Kier molecular flexibility index (Phi) is 5.69. The molecular formula is C18H19N5O2. The number of amides is 2. The van der Waals surface area contributed by atoms with E-state index in [-0.39, 0.29) is 12.5 Å². The van der Waals surface area contributed by atoms with Crippen molar-refractivity contribution in [3.8, 4) is 6.07 Å². The minimum absolute atomic E-state index is 0.195. The molecule has 1 aromatic heterocycles. The molecule has 2 amide bonds. The van der Waals surface area contributed by atoms with Gasteiger partial charge in [-0.2, -0.15) is 5.26 Å². The SMILES string of the molecule is Cc1cc(NCc2ccc(C(=O)NCC(N)=O)cc2)c(C#N)c(C)n1. The number of nitriles is 1. The summed E-state index contributed by atoms with van der Waals surface area (Å²) in [6.45, 7) is 3.98. The number of carbonyl (C=O) groups is 2. The van der Waals surface area contributed by atoms with Crippen LogP contribution in [0.25, 0.3) is 0 Å². The summed E-state index contributed by atoms with van der Waals surface area (Å²) in [4.78, 5) is 26.8. The lowest BCUT2D eigenvalue weighted by molar-refractivity contribution is -0.117. The van der Waals surface area contributed by atoms with E-state index in [1.54, 1.807) is 31.2 Å². The van der Waals surface area contributed by atoms with Crippen LogP contribution in [-0.4, -0.2) is 23.3 Å². The van der Waals surface area contributed by atoms with E-state index in [2.05, 4.69) is 21.7 Å². The highest BCUT2D eigenvalue weighted by molar-refractivity contribution is 5.96. The average molecular weight is 337 g/mol. The standard InChI is InChI=1S/C18H19N5O2/c1-11-7-16(15(8-19)12(2)23-11)21-9-13-3-5-14(6-4-13)18(25)22-10-17(20)24/h3-7H,9-10H2,1-2H3,(H2,20,24)(H,21,23)(H,22,25). The number of aryl methyl sites for hydroxylation is 2. The summed E-state index contributed by atoms with van der Waals surface area (Å²) >= 11 is 0. The average Bonchev–Trinajstić information content (AvgIpc) is 2.58. The lowest BCUT2D eigenvalue weighted by atomic mass is 10.1. The van der Waals surface area contributed by atoms with Gasteiger partial charge in [0, 0.05) is 17.8 Å². The number of carbonyl (C=O) groups excluding carboxylic acids is 2. The molecule has 1 aromatic carbocycles. The van der Waals surface area contributed by atoms with Gasteiger partial charge >= 0.3 is 0 Å². The number of anilines is 1. The maximum Gasteiger partial charge on any atom is 0.251 e. The van der Waals surface area contributed by atoms with Gasteiger partial charge in [-0.05, 0) is 37.6 Å². The molecule has 1 heterocycles. The normalized spacial score (nSPS) is 9.96. The van der Waals surface area contributed by atoms with Gasteiger partial charge in [0.15, 0.2) is 0 Å². The Morgan fingerprint density at radius 3 is 2.52 bits per heavy atom. The van der Waals surface area contributed by atoms with Gasteiger partial charge in [0.05, 0.1) is 23.5 Å².